The van der Waals surface area contributed by atoms with E-state index in [2.05, 4.69) is 5.10 Å². The van der Waals surface area contributed by atoms with Gasteiger partial charge in [0.2, 0.25) is 0 Å². The van der Waals surface area contributed by atoms with Gasteiger partial charge in [-0.25, -0.2) is 14.3 Å². The Hall–Kier alpha value is -3.68. The molecule has 0 amide bonds. The van der Waals surface area contributed by atoms with Gasteiger partial charge in [0.15, 0.2) is 11.3 Å². The summed E-state index contributed by atoms with van der Waals surface area (Å²) < 4.78 is 8.48. The highest BCUT2D eigenvalue weighted by atomic mass is 16.5. The highest BCUT2D eigenvalue weighted by Crippen LogP contribution is 2.27. The van der Waals surface area contributed by atoms with Gasteiger partial charge in [0, 0.05) is 18.7 Å². The zero-order valence-electron chi connectivity index (χ0n) is 23.7. The Morgan fingerprint density at radius 3 is 2.45 bits per heavy atom. The van der Waals surface area contributed by atoms with Gasteiger partial charge in [-0.3, -0.25) is 9.36 Å². The SMILES string of the molecule is CC(C)(Oc1cccc(CCCCn2c(=O)c(-c3ccccc3)nn(CCCC3CCCCC3)c2=O)c1)C(=O)O. The fraction of sp³-hybridized carbons (Fsp3) is 0.500. The normalized spacial score (nSPS) is 14.2. The molecule has 0 bridgehead atoms. The van der Waals surface area contributed by atoms with E-state index in [-0.39, 0.29) is 11.2 Å². The summed E-state index contributed by atoms with van der Waals surface area (Å²) in [5.41, 5.74) is -0.00266. The van der Waals surface area contributed by atoms with Crippen molar-refractivity contribution in [1.82, 2.24) is 14.3 Å². The Bertz CT molecular complexity index is 1390. The number of unbranched alkanes of at least 4 members (excludes halogenated alkanes) is 1. The van der Waals surface area contributed by atoms with Gasteiger partial charge in [0.1, 0.15) is 5.75 Å². The van der Waals surface area contributed by atoms with E-state index in [0.717, 1.165) is 30.7 Å². The maximum absolute atomic E-state index is 13.4. The zero-order valence-corrected chi connectivity index (χ0v) is 23.7. The minimum atomic E-state index is -1.33. The van der Waals surface area contributed by atoms with E-state index in [9.17, 15) is 19.5 Å². The molecule has 4 rings (SSSR count). The summed E-state index contributed by atoms with van der Waals surface area (Å²) in [4.78, 5) is 38.1. The van der Waals surface area contributed by atoms with E-state index >= 15 is 0 Å². The van der Waals surface area contributed by atoms with E-state index < -0.39 is 11.6 Å². The molecule has 1 heterocycles. The minimum Gasteiger partial charge on any atom is -0.478 e. The third-order valence-electron chi connectivity index (χ3n) is 7.76. The van der Waals surface area contributed by atoms with E-state index in [0.29, 0.717) is 42.9 Å². The number of aryl methyl sites for hydroxylation is 2. The van der Waals surface area contributed by atoms with Crippen molar-refractivity contribution in [2.24, 2.45) is 5.92 Å². The lowest BCUT2D eigenvalue weighted by molar-refractivity contribution is -0.152. The standard InChI is InChI=1S/C32H41N3O5/c1-32(2,30(37)38)40-27-20-11-16-25(23-27)15-9-10-21-34-29(36)28(26-18-7-4-8-19-26)33-35(31(34)39)22-12-17-24-13-5-3-6-14-24/h4,7-8,11,16,18-20,23-24H,3,5-6,9-10,12-15,17,21-22H2,1-2H3,(H,37,38). The van der Waals surface area contributed by atoms with Gasteiger partial charge in [0.25, 0.3) is 5.56 Å². The van der Waals surface area contributed by atoms with Crippen molar-refractivity contribution in [3.63, 3.8) is 0 Å². The Balaban J connectivity index is 1.44. The number of aromatic nitrogens is 3. The van der Waals surface area contributed by atoms with Crippen LogP contribution in [-0.2, 0) is 24.3 Å². The summed E-state index contributed by atoms with van der Waals surface area (Å²) in [7, 11) is 0. The molecule has 214 valence electrons. The van der Waals surface area contributed by atoms with Crippen LogP contribution in [0.15, 0.2) is 64.2 Å². The lowest BCUT2D eigenvalue weighted by Crippen LogP contribution is -2.42. The van der Waals surface area contributed by atoms with E-state index in [1.165, 1.54) is 55.2 Å². The molecular weight excluding hydrogens is 506 g/mol. The molecule has 0 unspecified atom stereocenters. The number of hydrogen-bond donors (Lipinski definition) is 1. The maximum Gasteiger partial charge on any atom is 0.347 e. The van der Waals surface area contributed by atoms with Crippen molar-refractivity contribution in [3.8, 4) is 17.0 Å². The number of carboxylic acids is 1. The number of benzene rings is 2. The summed E-state index contributed by atoms with van der Waals surface area (Å²) in [6.07, 6.45) is 10.5. The van der Waals surface area contributed by atoms with Crippen molar-refractivity contribution in [2.75, 3.05) is 0 Å². The Labute approximate surface area is 235 Å². The Morgan fingerprint density at radius 1 is 0.975 bits per heavy atom. The molecule has 1 aromatic heterocycles. The van der Waals surface area contributed by atoms with Crippen molar-refractivity contribution >= 4 is 5.97 Å². The number of ether oxygens (including phenoxy) is 1. The molecule has 2 aromatic carbocycles. The summed E-state index contributed by atoms with van der Waals surface area (Å²) in [5, 5.41) is 13.9. The van der Waals surface area contributed by atoms with Crippen LogP contribution in [0.2, 0.25) is 0 Å². The first-order chi connectivity index (χ1) is 19.2. The number of carbonyl (C=O) groups is 1. The van der Waals surface area contributed by atoms with Crippen LogP contribution < -0.4 is 16.0 Å². The third-order valence-corrected chi connectivity index (χ3v) is 7.76. The van der Waals surface area contributed by atoms with Gasteiger partial charge in [-0.2, -0.15) is 5.10 Å². The van der Waals surface area contributed by atoms with Gasteiger partial charge < -0.3 is 9.84 Å². The molecule has 1 aliphatic rings. The first-order valence-electron chi connectivity index (χ1n) is 14.5. The summed E-state index contributed by atoms with van der Waals surface area (Å²) in [6, 6.07) is 16.7. The van der Waals surface area contributed by atoms with Gasteiger partial charge >= 0.3 is 11.7 Å². The predicted molar refractivity (Wildman–Crippen MR) is 156 cm³/mol. The third kappa shape index (κ3) is 7.71. The number of nitrogens with zero attached hydrogens (tertiary/aromatic N) is 3. The second-order valence-electron chi connectivity index (χ2n) is 11.3. The van der Waals surface area contributed by atoms with Gasteiger partial charge in [-0.1, -0.05) is 74.6 Å². The van der Waals surface area contributed by atoms with Crippen LogP contribution in [0, 0.1) is 5.92 Å². The fourth-order valence-electron chi connectivity index (χ4n) is 5.39. The second kappa shape index (κ2) is 13.6. The highest BCUT2D eigenvalue weighted by molar-refractivity contribution is 5.76. The first-order valence-corrected chi connectivity index (χ1v) is 14.5. The van der Waals surface area contributed by atoms with Gasteiger partial charge in [0.05, 0.1) is 0 Å². The minimum absolute atomic E-state index is 0.309. The van der Waals surface area contributed by atoms with E-state index in [4.69, 9.17) is 4.74 Å². The molecule has 0 aliphatic heterocycles. The van der Waals surface area contributed by atoms with Crippen LogP contribution in [0.3, 0.4) is 0 Å². The molecule has 1 N–H and O–H groups in total. The van der Waals surface area contributed by atoms with Crippen LogP contribution in [0.25, 0.3) is 11.3 Å². The smallest absolute Gasteiger partial charge is 0.347 e. The van der Waals surface area contributed by atoms with Crippen LogP contribution in [0.1, 0.15) is 77.2 Å². The monoisotopic (exact) mass is 547 g/mol. The lowest BCUT2D eigenvalue weighted by Gasteiger charge is -2.21. The molecule has 8 nitrogen and oxygen atoms in total. The second-order valence-corrected chi connectivity index (χ2v) is 11.3. The van der Waals surface area contributed by atoms with E-state index in [1.54, 1.807) is 6.07 Å². The van der Waals surface area contributed by atoms with E-state index in [1.807, 2.05) is 48.5 Å². The molecule has 1 saturated carbocycles. The van der Waals surface area contributed by atoms with Crippen molar-refractivity contribution in [3.05, 3.63) is 81.0 Å². The molecule has 1 aliphatic carbocycles. The van der Waals surface area contributed by atoms with Gasteiger partial charge in [-0.15, -0.1) is 0 Å². The molecule has 8 heteroatoms. The average Bonchev–Trinajstić information content (AvgIpc) is 2.94. The van der Waals surface area contributed by atoms with Crippen LogP contribution in [0.4, 0.5) is 0 Å². The Kier molecular flexibility index (Phi) is 9.96. The van der Waals surface area contributed by atoms with Crippen molar-refractivity contribution in [2.45, 2.75) is 96.7 Å². The first kappa shape index (κ1) is 29.3. The lowest BCUT2D eigenvalue weighted by atomic mass is 9.86. The Morgan fingerprint density at radius 2 is 1.73 bits per heavy atom. The average molecular weight is 548 g/mol. The van der Waals surface area contributed by atoms with Crippen molar-refractivity contribution in [1.29, 1.82) is 0 Å². The van der Waals surface area contributed by atoms with Crippen molar-refractivity contribution < 1.29 is 14.6 Å². The number of hydrogen-bond acceptors (Lipinski definition) is 5. The molecule has 0 saturated heterocycles. The number of carboxylic acid groups (broad SMARTS) is 1. The van der Waals surface area contributed by atoms with Gasteiger partial charge in [-0.05, 0) is 69.6 Å². The molecule has 40 heavy (non-hydrogen) atoms. The largest absolute Gasteiger partial charge is 0.478 e. The molecule has 1 fully saturated rings. The summed E-state index contributed by atoms with van der Waals surface area (Å²) in [5.74, 6) is 0.192. The number of aliphatic carboxylic acids is 1. The quantitative estimate of drug-likeness (QED) is 0.276. The molecule has 3 aromatic rings. The maximum atomic E-state index is 13.4. The predicted octanol–water partition coefficient (Wildman–Crippen LogP) is 5.70. The molecule has 0 atom stereocenters. The fourth-order valence-corrected chi connectivity index (χ4v) is 5.39. The molecule has 0 spiro atoms. The summed E-state index contributed by atoms with van der Waals surface area (Å²) >= 11 is 0. The molecular formula is C32H41N3O5. The molecule has 0 radical (unpaired) electrons. The number of rotatable bonds is 13. The van der Waals surface area contributed by atoms with Crippen LogP contribution >= 0.6 is 0 Å². The van der Waals surface area contributed by atoms with Crippen LogP contribution in [0.5, 0.6) is 5.75 Å². The summed E-state index contributed by atoms with van der Waals surface area (Å²) in [6.45, 7) is 3.85. The zero-order chi connectivity index (χ0) is 28.5. The topological polar surface area (TPSA) is 103 Å². The van der Waals surface area contributed by atoms with Crippen LogP contribution in [-0.4, -0.2) is 31.0 Å². The highest BCUT2D eigenvalue weighted by Gasteiger charge is 2.29.